The van der Waals surface area contributed by atoms with E-state index in [0.717, 1.165) is 27.2 Å². The highest BCUT2D eigenvalue weighted by Crippen LogP contribution is 2.33. The van der Waals surface area contributed by atoms with Crippen molar-refractivity contribution in [2.24, 2.45) is 5.73 Å². The van der Waals surface area contributed by atoms with E-state index in [1.807, 2.05) is 36.4 Å². The van der Waals surface area contributed by atoms with Gasteiger partial charge in [0.15, 0.2) is 0 Å². The third-order valence-corrected chi connectivity index (χ3v) is 3.64. The molecule has 0 radical (unpaired) electrons. The topological polar surface area (TPSA) is 56.5 Å². The van der Waals surface area contributed by atoms with Crippen molar-refractivity contribution in [1.82, 2.24) is 0 Å². The van der Waals surface area contributed by atoms with Crippen molar-refractivity contribution < 1.29 is 9.47 Å². The summed E-state index contributed by atoms with van der Waals surface area (Å²) in [4.78, 5) is 0.326. The van der Waals surface area contributed by atoms with Crippen molar-refractivity contribution in [3.8, 4) is 11.5 Å². The van der Waals surface area contributed by atoms with E-state index in [4.69, 9.17) is 27.4 Å². The van der Waals surface area contributed by atoms with Gasteiger partial charge in [-0.15, -0.1) is 0 Å². The van der Waals surface area contributed by atoms with Crippen LogP contribution in [0.4, 0.5) is 11.4 Å². The first-order valence-electron chi connectivity index (χ1n) is 6.13. The number of benzene rings is 2. The molecule has 6 heteroatoms. The Morgan fingerprint density at radius 2 is 1.86 bits per heavy atom. The maximum Gasteiger partial charge on any atom is 0.142 e. The molecular weight excluding hydrogens is 352 g/mol. The van der Waals surface area contributed by atoms with Crippen molar-refractivity contribution in [1.29, 1.82) is 0 Å². The van der Waals surface area contributed by atoms with Gasteiger partial charge < -0.3 is 20.5 Å². The zero-order chi connectivity index (χ0) is 15.4. The maximum atomic E-state index is 5.77. The Morgan fingerprint density at radius 3 is 2.48 bits per heavy atom. The second-order valence-electron chi connectivity index (χ2n) is 4.25. The molecule has 3 N–H and O–H groups in total. The minimum Gasteiger partial charge on any atom is -0.497 e. The van der Waals surface area contributed by atoms with Crippen LogP contribution in [-0.2, 0) is 0 Å². The van der Waals surface area contributed by atoms with Crippen LogP contribution in [0.1, 0.15) is 5.56 Å². The highest BCUT2D eigenvalue weighted by atomic mass is 79.9. The lowest BCUT2D eigenvalue weighted by molar-refractivity contribution is 0.405. The van der Waals surface area contributed by atoms with Gasteiger partial charge in [-0.1, -0.05) is 28.1 Å². The van der Waals surface area contributed by atoms with Crippen LogP contribution in [0.25, 0.3) is 0 Å². The standard InChI is InChI=1S/C15H15BrN2O2S/c1-19-10-4-6-14(20-2)13(8-10)18-12-7-9(16)3-5-11(12)15(17)21/h3-8,18H,1-2H3,(H2,17,21). The smallest absolute Gasteiger partial charge is 0.142 e. The van der Waals surface area contributed by atoms with Gasteiger partial charge in [0.25, 0.3) is 0 Å². The number of halogens is 1. The maximum absolute atomic E-state index is 5.77. The van der Waals surface area contributed by atoms with E-state index in [2.05, 4.69) is 21.2 Å². The minimum absolute atomic E-state index is 0.326. The summed E-state index contributed by atoms with van der Waals surface area (Å²) in [5.41, 5.74) is 8.09. The van der Waals surface area contributed by atoms with Crippen LogP contribution in [-0.4, -0.2) is 19.2 Å². The van der Waals surface area contributed by atoms with Crippen LogP contribution in [0.15, 0.2) is 40.9 Å². The third-order valence-electron chi connectivity index (χ3n) is 2.92. The average molecular weight is 367 g/mol. The lowest BCUT2D eigenvalue weighted by atomic mass is 10.1. The minimum atomic E-state index is 0.326. The van der Waals surface area contributed by atoms with Crippen LogP contribution in [0.3, 0.4) is 0 Å². The Balaban J connectivity index is 2.46. The number of nitrogens with two attached hydrogens (primary N) is 1. The van der Waals surface area contributed by atoms with Crippen LogP contribution in [0.5, 0.6) is 11.5 Å². The van der Waals surface area contributed by atoms with Crippen LogP contribution < -0.4 is 20.5 Å². The SMILES string of the molecule is COc1ccc(OC)c(Nc2cc(Br)ccc2C(N)=S)c1. The van der Waals surface area contributed by atoms with Gasteiger partial charge in [0, 0.05) is 21.8 Å². The first-order chi connectivity index (χ1) is 10.0. The van der Waals surface area contributed by atoms with E-state index in [1.165, 1.54) is 0 Å². The Kier molecular flexibility index (Phi) is 5.03. The van der Waals surface area contributed by atoms with Crippen LogP contribution in [0, 0.1) is 0 Å². The number of hydrogen-bond acceptors (Lipinski definition) is 4. The average Bonchev–Trinajstić information content (AvgIpc) is 2.47. The van der Waals surface area contributed by atoms with Gasteiger partial charge in [-0.3, -0.25) is 0 Å². The summed E-state index contributed by atoms with van der Waals surface area (Å²) in [7, 11) is 3.23. The Morgan fingerprint density at radius 1 is 1.10 bits per heavy atom. The molecule has 0 bridgehead atoms. The van der Waals surface area contributed by atoms with Gasteiger partial charge in [0.05, 0.1) is 19.9 Å². The molecule has 0 fully saturated rings. The second kappa shape index (κ2) is 6.78. The van der Waals surface area contributed by atoms with E-state index >= 15 is 0 Å². The second-order valence-corrected chi connectivity index (χ2v) is 5.60. The fraction of sp³-hybridized carbons (Fsp3) is 0.133. The van der Waals surface area contributed by atoms with Gasteiger partial charge in [0.1, 0.15) is 16.5 Å². The first kappa shape index (κ1) is 15.6. The largest absolute Gasteiger partial charge is 0.497 e. The quantitative estimate of drug-likeness (QED) is 0.787. The molecular formula is C15H15BrN2O2S. The number of rotatable bonds is 5. The highest BCUT2D eigenvalue weighted by Gasteiger charge is 2.10. The zero-order valence-corrected chi connectivity index (χ0v) is 14.0. The molecule has 0 aliphatic rings. The molecule has 110 valence electrons. The molecule has 0 heterocycles. The lowest BCUT2D eigenvalue weighted by Crippen LogP contribution is -2.12. The van der Waals surface area contributed by atoms with Crippen molar-refractivity contribution in [3.63, 3.8) is 0 Å². The monoisotopic (exact) mass is 366 g/mol. The van der Waals surface area contributed by atoms with Crippen molar-refractivity contribution in [2.75, 3.05) is 19.5 Å². The summed E-state index contributed by atoms with van der Waals surface area (Å²) >= 11 is 8.53. The molecule has 2 rings (SSSR count). The van der Waals surface area contributed by atoms with Gasteiger partial charge in [0.2, 0.25) is 0 Å². The van der Waals surface area contributed by atoms with Crippen LogP contribution in [0.2, 0.25) is 0 Å². The molecule has 0 unspecified atom stereocenters. The zero-order valence-electron chi connectivity index (χ0n) is 11.6. The summed E-state index contributed by atoms with van der Waals surface area (Å²) < 4.78 is 11.5. The normalized spacial score (nSPS) is 10.0. The van der Waals surface area contributed by atoms with E-state index in [9.17, 15) is 0 Å². The van der Waals surface area contributed by atoms with Crippen molar-refractivity contribution >= 4 is 44.5 Å². The molecule has 0 amide bonds. The number of hydrogen-bond donors (Lipinski definition) is 2. The van der Waals surface area contributed by atoms with Gasteiger partial charge in [-0.2, -0.15) is 0 Å². The molecule has 0 aliphatic carbocycles. The molecule has 0 atom stereocenters. The number of nitrogens with one attached hydrogen (secondary N) is 1. The van der Waals surface area contributed by atoms with Gasteiger partial charge in [-0.25, -0.2) is 0 Å². The van der Waals surface area contributed by atoms with Crippen LogP contribution >= 0.6 is 28.1 Å². The lowest BCUT2D eigenvalue weighted by Gasteiger charge is -2.15. The predicted octanol–water partition coefficient (Wildman–Crippen LogP) is 3.84. The summed E-state index contributed by atoms with van der Waals surface area (Å²) in [6, 6.07) is 11.2. The van der Waals surface area contributed by atoms with E-state index in [1.54, 1.807) is 14.2 Å². The summed E-state index contributed by atoms with van der Waals surface area (Å²) in [6.45, 7) is 0. The Labute approximate surface area is 137 Å². The third kappa shape index (κ3) is 3.65. The number of thiocarbonyl (C=S) groups is 1. The van der Waals surface area contributed by atoms with Crippen molar-refractivity contribution in [3.05, 3.63) is 46.4 Å². The highest BCUT2D eigenvalue weighted by molar-refractivity contribution is 9.10. The molecule has 2 aromatic rings. The van der Waals surface area contributed by atoms with E-state index < -0.39 is 0 Å². The molecule has 0 spiro atoms. The summed E-state index contributed by atoms with van der Waals surface area (Å²) in [5.74, 6) is 1.43. The Bertz CT molecular complexity index is 677. The number of ether oxygens (including phenoxy) is 2. The number of methoxy groups -OCH3 is 2. The molecule has 4 nitrogen and oxygen atoms in total. The summed E-state index contributed by atoms with van der Waals surface area (Å²) in [5, 5.41) is 3.29. The molecule has 0 aromatic heterocycles. The molecule has 0 saturated heterocycles. The van der Waals surface area contributed by atoms with Gasteiger partial charge in [-0.05, 0) is 30.3 Å². The van der Waals surface area contributed by atoms with Crippen molar-refractivity contribution in [2.45, 2.75) is 0 Å². The predicted molar refractivity (Wildman–Crippen MR) is 92.9 cm³/mol. The fourth-order valence-electron chi connectivity index (χ4n) is 1.89. The molecule has 0 aliphatic heterocycles. The van der Waals surface area contributed by atoms with Gasteiger partial charge >= 0.3 is 0 Å². The first-order valence-corrected chi connectivity index (χ1v) is 7.33. The molecule has 2 aromatic carbocycles. The fourth-order valence-corrected chi connectivity index (χ4v) is 2.43. The number of anilines is 2. The Hall–Kier alpha value is -1.79. The summed E-state index contributed by atoms with van der Waals surface area (Å²) in [6.07, 6.45) is 0. The van der Waals surface area contributed by atoms with E-state index in [-0.39, 0.29) is 0 Å². The molecule has 0 saturated carbocycles. The molecule has 21 heavy (non-hydrogen) atoms. The van der Waals surface area contributed by atoms with E-state index in [0.29, 0.717) is 10.7 Å².